The number of rotatable bonds is 5. The summed E-state index contributed by atoms with van der Waals surface area (Å²) in [6.45, 7) is 5.69. The van der Waals surface area contributed by atoms with Gasteiger partial charge in [-0.2, -0.15) is 0 Å². The highest BCUT2D eigenvalue weighted by Crippen LogP contribution is 2.22. The van der Waals surface area contributed by atoms with Gasteiger partial charge in [0.25, 0.3) is 0 Å². The molecule has 0 saturated heterocycles. The molecule has 2 aromatic rings. The van der Waals surface area contributed by atoms with Crippen LogP contribution in [0.25, 0.3) is 0 Å². The smallest absolute Gasteiger partial charge is 0.243 e. The highest BCUT2D eigenvalue weighted by atomic mass is 79.9. The molecule has 6 heteroatoms. The number of benzene rings is 2. The molecule has 3 N–H and O–H groups in total. The van der Waals surface area contributed by atoms with Crippen molar-refractivity contribution in [1.29, 1.82) is 0 Å². The fourth-order valence-electron chi connectivity index (χ4n) is 1.98. The van der Waals surface area contributed by atoms with Crippen molar-refractivity contribution in [3.05, 3.63) is 53.0 Å². The minimum absolute atomic E-state index is 0.0772. The molecule has 0 fully saturated rings. The average molecular weight is 404 g/mol. The molecule has 5 nitrogen and oxygen atoms in total. The van der Waals surface area contributed by atoms with Crippen molar-refractivity contribution in [2.24, 2.45) is 5.41 Å². The molecule has 0 aliphatic rings. The Morgan fingerprint density at radius 3 is 2.24 bits per heavy atom. The Morgan fingerprint density at radius 2 is 1.60 bits per heavy atom. The summed E-state index contributed by atoms with van der Waals surface area (Å²) < 4.78 is 0.898. The van der Waals surface area contributed by atoms with Crippen molar-refractivity contribution in [1.82, 2.24) is 0 Å². The number of carbonyl (C=O) groups is 2. The standard InChI is InChI=1S/C19H22BrN3O2/c1-19(2,3)18(25)23-14-8-6-7-13(11-14)22-17(24)12-21-16-10-5-4-9-15(16)20/h4-11,21H,12H2,1-3H3,(H,22,24)(H,23,25). The molecule has 0 saturated carbocycles. The zero-order valence-corrected chi connectivity index (χ0v) is 16.1. The van der Waals surface area contributed by atoms with E-state index in [1.807, 2.05) is 45.0 Å². The third kappa shape index (κ3) is 5.90. The van der Waals surface area contributed by atoms with E-state index < -0.39 is 5.41 Å². The largest absolute Gasteiger partial charge is 0.375 e. The first-order chi connectivity index (χ1) is 11.8. The predicted molar refractivity (Wildman–Crippen MR) is 106 cm³/mol. The molecule has 0 aliphatic heterocycles. The lowest BCUT2D eigenvalue weighted by Crippen LogP contribution is -2.27. The Bertz CT molecular complexity index is 769. The van der Waals surface area contributed by atoms with Gasteiger partial charge in [-0.1, -0.05) is 39.0 Å². The van der Waals surface area contributed by atoms with Crippen molar-refractivity contribution >= 4 is 44.8 Å². The molecule has 2 rings (SSSR count). The van der Waals surface area contributed by atoms with Crippen LogP contribution in [-0.2, 0) is 9.59 Å². The third-order valence-electron chi connectivity index (χ3n) is 3.40. The van der Waals surface area contributed by atoms with Crippen LogP contribution in [0.1, 0.15) is 20.8 Å². The fraction of sp³-hybridized carbons (Fsp3) is 0.263. The Hall–Kier alpha value is -2.34. The monoisotopic (exact) mass is 403 g/mol. The summed E-state index contributed by atoms with van der Waals surface area (Å²) in [7, 11) is 0. The molecule has 0 aromatic heterocycles. The second kappa shape index (κ2) is 8.16. The topological polar surface area (TPSA) is 70.2 Å². The molecule has 0 spiro atoms. The lowest BCUT2D eigenvalue weighted by Gasteiger charge is -2.18. The summed E-state index contributed by atoms with van der Waals surface area (Å²) in [5.74, 6) is -0.248. The number of carbonyl (C=O) groups excluding carboxylic acids is 2. The van der Waals surface area contributed by atoms with Crippen LogP contribution >= 0.6 is 15.9 Å². The van der Waals surface area contributed by atoms with E-state index in [4.69, 9.17) is 0 Å². The van der Waals surface area contributed by atoms with Crippen molar-refractivity contribution in [3.8, 4) is 0 Å². The van der Waals surface area contributed by atoms with Gasteiger partial charge in [0.1, 0.15) is 0 Å². The second-order valence-corrected chi connectivity index (χ2v) is 7.52. The van der Waals surface area contributed by atoms with Crippen molar-refractivity contribution < 1.29 is 9.59 Å². The minimum atomic E-state index is -0.480. The summed E-state index contributed by atoms with van der Waals surface area (Å²) in [6.07, 6.45) is 0. The predicted octanol–water partition coefficient (Wildman–Crippen LogP) is 4.48. The summed E-state index contributed by atoms with van der Waals surface area (Å²) in [5.41, 5.74) is 1.65. The number of para-hydroxylation sites is 1. The van der Waals surface area contributed by atoms with E-state index in [1.165, 1.54) is 0 Å². The zero-order chi connectivity index (χ0) is 18.4. The highest BCUT2D eigenvalue weighted by Gasteiger charge is 2.21. The van der Waals surface area contributed by atoms with Gasteiger partial charge in [0, 0.05) is 26.9 Å². The van der Waals surface area contributed by atoms with Gasteiger partial charge in [-0.05, 0) is 46.3 Å². The van der Waals surface area contributed by atoms with Crippen LogP contribution in [0.2, 0.25) is 0 Å². The van der Waals surface area contributed by atoms with Crippen molar-refractivity contribution in [2.45, 2.75) is 20.8 Å². The van der Waals surface area contributed by atoms with E-state index in [0.29, 0.717) is 11.4 Å². The molecular formula is C19H22BrN3O2. The second-order valence-electron chi connectivity index (χ2n) is 6.67. The minimum Gasteiger partial charge on any atom is -0.375 e. The zero-order valence-electron chi connectivity index (χ0n) is 14.5. The molecule has 25 heavy (non-hydrogen) atoms. The third-order valence-corrected chi connectivity index (χ3v) is 4.09. The van der Waals surface area contributed by atoms with Crippen molar-refractivity contribution in [3.63, 3.8) is 0 Å². The van der Waals surface area contributed by atoms with Gasteiger partial charge in [-0.25, -0.2) is 0 Å². The maximum atomic E-state index is 12.1. The lowest BCUT2D eigenvalue weighted by atomic mass is 9.95. The van der Waals surface area contributed by atoms with Gasteiger partial charge < -0.3 is 16.0 Å². The first-order valence-electron chi connectivity index (χ1n) is 7.95. The molecule has 2 amide bonds. The Balaban J connectivity index is 1.94. The van der Waals surface area contributed by atoms with Crippen LogP contribution in [0.4, 0.5) is 17.1 Å². The van der Waals surface area contributed by atoms with Crippen LogP contribution in [0.3, 0.4) is 0 Å². The number of halogens is 1. The number of anilines is 3. The summed E-state index contributed by atoms with van der Waals surface area (Å²) in [5, 5.41) is 8.74. The Labute approximate surface area is 156 Å². The number of amides is 2. The maximum absolute atomic E-state index is 12.1. The van der Waals surface area contributed by atoms with Gasteiger partial charge in [0.15, 0.2) is 0 Å². The van der Waals surface area contributed by atoms with E-state index in [-0.39, 0.29) is 18.4 Å². The quantitative estimate of drug-likeness (QED) is 0.688. The van der Waals surface area contributed by atoms with Gasteiger partial charge in [0.05, 0.1) is 6.54 Å². The lowest BCUT2D eigenvalue weighted by molar-refractivity contribution is -0.123. The highest BCUT2D eigenvalue weighted by molar-refractivity contribution is 9.10. The van der Waals surface area contributed by atoms with Crippen LogP contribution in [0.15, 0.2) is 53.0 Å². The van der Waals surface area contributed by atoms with E-state index in [2.05, 4.69) is 31.9 Å². The summed E-state index contributed by atoms with van der Waals surface area (Å²) in [4.78, 5) is 24.2. The number of hydrogen-bond donors (Lipinski definition) is 3. The van der Waals surface area contributed by atoms with Gasteiger partial charge in [-0.15, -0.1) is 0 Å². The molecule has 0 heterocycles. The SMILES string of the molecule is CC(C)(C)C(=O)Nc1cccc(NC(=O)CNc2ccccc2Br)c1. The van der Waals surface area contributed by atoms with E-state index in [9.17, 15) is 9.59 Å². The molecule has 0 bridgehead atoms. The van der Waals surface area contributed by atoms with Crippen LogP contribution < -0.4 is 16.0 Å². The maximum Gasteiger partial charge on any atom is 0.243 e. The average Bonchev–Trinajstić information content (AvgIpc) is 2.53. The van der Waals surface area contributed by atoms with Gasteiger partial charge in [-0.3, -0.25) is 9.59 Å². The molecule has 0 atom stereocenters. The van der Waals surface area contributed by atoms with Crippen molar-refractivity contribution in [2.75, 3.05) is 22.5 Å². The normalized spacial score (nSPS) is 10.9. The first-order valence-corrected chi connectivity index (χ1v) is 8.75. The summed E-state index contributed by atoms with van der Waals surface area (Å²) in [6, 6.07) is 14.7. The fourth-order valence-corrected chi connectivity index (χ4v) is 2.40. The van der Waals surface area contributed by atoms with Crippen LogP contribution in [-0.4, -0.2) is 18.4 Å². The Morgan fingerprint density at radius 1 is 0.960 bits per heavy atom. The molecule has 0 radical (unpaired) electrons. The number of nitrogens with one attached hydrogen (secondary N) is 3. The van der Waals surface area contributed by atoms with Crippen LogP contribution in [0, 0.1) is 5.41 Å². The molecule has 0 unspecified atom stereocenters. The van der Waals surface area contributed by atoms with E-state index in [1.54, 1.807) is 24.3 Å². The van der Waals surface area contributed by atoms with E-state index >= 15 is 0 Å². The van der Waals surface area contributed by atoms with Gasteiger partial charge >= 0.3 is 0 Å². The molecule has 132 valence electrons. The Kier molecular flexibility index (Phi) is 6.20. The summed E-state index contributed by atoms with van der Waals surface area (Å²) >= 11 is 3.43. The molecular weight excluding hydrogens is 382 g/mol. The van der Waals surface area contributed by atoms with E-state index in [0.717, 1.165) is 10.2 Å². The van der Waals surface area contributed by atoms with Crippen LogP contribution in [0.5, 0.6) is 0 Å². The van der Waals surface area contributed by atoms with Gasteiger partial charge in [0.2, 0.25) is 11.8 Å². The molecule has 0 aliphatic carbocycles. The first kappa shape index (κ1) is 19.0. The molecule has 2 aromatic carbocycles. The number of hydrogen-bond acceptors (Lipinski definition) is 3.